The van der Waals surface area contributed by atoms with Gasteiger partial charge in [0.25, 0.3) is 5.56 Å². The van der Waals surface area contributed by atoms with Crippen molar-refractivity contribution < 1.29 is 15.0 Å². The van der Waals surface area contributed by atoms with Crippen molar-refractivity contribution in [2.45, 2.75) is 19.6 Å². The van der Waals surface area contributed by atoms with Crippen LogP contribution in [0.1, 0.15) is 17.3 Å². The fourth-order valence-corrected chi connectivity index (χ4v) is 1.18. The zero-order valence-electron chi connectivity index (χ0n) is 8.64. The number of carbonyl (C=O) groups is 1. The molecule has 0 fully saturated rings. The van der Waals surface area contributed by atoms with Crippen LogP contribution in [0.5, 0.6) is 0 Å². The maximum atomic E-state index is 11.3. The molecule has 0 aliphatic rings. The monoisotopic (exact) mass is 228 g/mol. The highest BCUT2D eigenvalue weighted by molar-refractivity contribution is 5.93. The second-order valence-electron chi connectivity index (χ2n) is 3.35. The van der Waals surface area contributed by atoms with Gasteiger partial charge in [-0.3, -0.25) is 19.1 Å². The van der Waals surface area contributed by atoms with Gasteiger partial charge < -0.3 is 10.2 Å². The molecule has 1 rings (SSSR count). The van der Waals surface area contributed by atoms with Crippen molar-refractivity contribution >= 4 is 5.78 Å². The molecule has 1 heterocycles. The predicted molar refractivity (Wildman–Crippen MR) is 54.4 cm³/mol. The van der Waals surface area contributed by atoms with Gasteiger partial charge in [-0.15, -0.1) is 0 Å². The van der Waals surface area contributed by atoms with E-state index in [4.69, 9.17) is 10.2 Å². The molecule has 0 bridgehead atoms. The molecule has 3 N–H and O–H groups in total. The number of Topliss-reactive ketones (excluding diaryl/α,β-unsaturated/α-hetero) is 1. The smallest absolute Gasteiger partial charge is 0.328 e. The van der Waals surface area contributed by atoms with E-state index in [-0.39, 0.29) is 12.1 Å². The molecule has 0 aromatic carbocycles. The zero-order chi connectivity index (χ0) is 12.3. The van der Waals surface area contributed by atoms with Crippen molar-refractivity contribution in [1.82, 2.24) is 9.55 Å². The van der Waals surface area contributed by atoms with Crippen LogP contribution in [-0.4, -0.2) is 38.3 Å². The molecule has 1 atom stereocenters. The lowest BCUT2D eigenvalue weighted by Gasteiger charge is -2.09. The minimum absolute atomic E-state index is 0.162. The van der Waals surface area contributed by atoms with Crippen LogP contribution >= 0.6 is 0 Å². The molecule has 0 saturated carbocycles. The highest BCUT2D eigenvalue weighted by atomic mass is 16.3. The summed E-state index contributed by atoms with van der Waals surface area (Å²) in [6.07, 6.45) is -0.0500. The minimum Gasteiger partial charge on any atom is -0.394 e. The highest BCUT2D eigenvalue weighted by Crippen LogP contribution is 1.92. The third kappa shape index (κ3) is 2.65. The number of aromatic amines is 1. The largest absolute Gasteiger partial charge is 0.394 e. The zero-order valence-corrected chi connectivity index (χ0v) is 8.64. The molecule has 0 spiro atoms. The van der Waals surface area contributed by atoms with E-state index >= 15 is 0 Å². The number of carbonyl (C=O) groups excluding carboxylic acids is 1. The fourth-order valence-electron chi connectivity index (χ4n) is 1.18. The van der Waals surface area contributed by atoms with E-state index in [0.29, 0.717) is 0 Å². The molecule has 1 unspecified atom stereocenters. The summed E-state index contributed by atoms with van der Waals surface area (Å²) < 4.78 is 0.971. The number of H-pyrrole nitrogens is 1. The van der Waals surface area contributed by atoms with E-state index in [2.05, 4.69) is 0 Å². The van der Waals surface area contributed by atoms with Gasteiger partial charge >= 0.3 is 5.69 Å². The highest BCUT2D eigenvalue weighted by Gasteiger charge is 2.11. The third-order valence-corrected chi connectivity index (χ3v) is 2.01. The molecule has 0 aliphatic carbocycles. The van der Waals surface area contributed by atoms with E-state index in [0.717, 1.165) is 10.8 Å². The first kappa shape index (κ1) is 12.3. The van der Waals surface area contributed by atoms with Gasteiger partial charge in [0.2, 0.25) is 0 Å². The number of hydrogen-bond donors (Lipinski definition) is 3. The van der Waals surface area contributed by atoms with Gasteiger partial charge in [-0.2, -0.15) is 0 Å². The van der Waals surface area contributed by atoms with Gasteiger partial charge in [-0.05, 0) is 6.92 Å². The summed E-state index contributed by atoms with van der Waals surface area (Å²) in [6.45, 7) is 0.495. The van der Waals surface area contributed by atoms with Gasteiger partial charge in [-0.1, -0.05) is 0 Å². The Bertz CT molecular complexity index is 501. The number of hydrogen-bond acceptors (Lipinski definition) is 5. The summed E-state index contributed by atoms with van der Waals surface area (Å²) >= 11 is 0. The van der Waals surface area contributed by atoms with Crippen molar-refractivity contribution in [3.8, 4) is 0 Å². The number of aliphatic hydroxyl groups excluding tert-OH is 2. The Morgan fingerprint density at radius 1 is 1.56 bits per heavy atom. The van der Waals surface area contributed by atoms with Crippen LogP contribution in [0.25, 0.3) is 0 Å². The average Bonchev–Trinajstić information content (AvgIpc) is 2.21. The van der Waals surface area contributed by atoms with Crippen LogP contribution in [0.15, 0.2) is 15.8 Å². The second-order valence-corrected chi connectivity index (χ2v) is 3.35. The number of rotatable bonds is 4. The summed E-state index contributed by atoms with van der Waals surface area (Å²) in [5, 5.41) is 17.8. The summed E-state index contributed by atoms with van der Waals surface area (Å²) in [5.41, 5.74) is -1.65. The third-order valence-electron chi connectivity index (χ3n) is 2.01. The molecular formula is C9H12N2O5. The standard InChI is InChI=1S/C9H12N2O5/c1-5(13)7-3-11(2-6(14)4-12)9(16)10-8(7)15/h3,6,12,14H,2,4H2,1H3,(H,10,15,16). The van der Waals surface area contributed by atoms with Crippen molar-refractivity contribution in [1.29, 1.82) is 0 Å². The number of nitrogens with zero attached hydrogens (tertiary/aromatic N) is 1. The molecule has 0 saturated heterocycles. The number of aromatic nitrogens is 2. The fraction of sp³-hybridized carbons (Fsp3) is 0.444. The van der Waals surface area contributed by atoms with E-state index in [9.17, 15) is 14.4 Å². The Hall–Kier alpha value is -1.73. The SMILES string of the molecule is CC(=O)c1cn(CC(O)CO)c(=O)[nH]c1=O. The summed E-state index contributed by atoms with van der Waals surface area (Å²) in [4.78, 5) is 35.5. The Morgan fingerprint density at radius 2 is 2.19 bits per heavy atom. The topological polar surface area (TPSA) is 112 Å². The second kappa shape index (κ2) is 4.86. The molecule has 1 aromatic heterocycles. The Labute approximate surface area is 90.0 Å². The normalized spacial score (nSPS) is 12.4. The molecular weight excluding hydrogens is 216 g/mol. The van der Waals surface area contributed by atoms with E-state index < -0.39 is 29.7 Å². The Balaban J connectivity index is 3.20. The van der Waals surface area contributed by atoms with E-state index in [1.165, 1.54) is 6.92 Å². The van der Waals surface area contributed by atoms with Gasteiger partial charge in [0.15, 0.2) is 5.78 Å². The summed E-state index contributed by atoms with van der Waals surface area (Å²) in [5.74, 6) is -0.478. The van der Waals surface area contributed by atoms with Crippen molar-refractivity contribution in [3.63, 3.8) is 0 Å². The summed E-state index contributed by atoms with van der Waals surface area (Å²) in [7, 11) is 0. The molecule has 16 heavy (non-hydrogen) atoms. The lowest BCUT2D eigenvalue weighted by molar-refractivity contribution is 0.0798. The first-order chi connectivity index (χ1) is 7.45. The van der Waals surface area contributed by atoms with Crippen LogP contribution in [-0.2, 0) is 6.54 Å². The molecule has 7 heteroatoms. The van der Waals surface area contributed by atoms with E-state index in [1.807, 2.05) is 4.98 Å². The van der Waals surface area contributed by atoms with Crippen molar-refractivity contribution in [3.05, 3.63) is 32.6 Å². The first-order valence-corrected chi connectivity index (χ1v) is 4.59. The molecule has 0 radical (unpaired) electrons. The van der Waals surface area contributed by atoms with Crippen molar-refractivity contribution in [2.75, 3.05) is 6.61 Å². The van der Waals surface area contributed by atoms with Gasteiger partial charge in [0.1, 0.15) is 0 Å². The molecule has 7 nitrogen and oxygen atoms in total. The quantitative estimate of drug-likeness (QED) is 0.521. The van der Waals surface area contributed by atoms with E-state index in [1.54, 1.807) is 0 Å². The van der Waals surface area contributed by atoms with Gasteiger partial charge in [0.05, 0.1) is 24.8 Å². The maximum Gasteiger partial charge on any atom is 0.328 e. The lowest BCUT2D eigenvalue weighted by atomic mass is 10.2. The molecule has 0 aliphatic heterocycles. The van der Waals surface area contributed by atoms with Crippen LogP contribution < -0.4 is 11.2 Å². The average molecular weight is 228 g/mol. The van der Waals surface area contributed by atoms with Crippen molar-refractivity contribution in [2.24, 2.45) is 0 Å². The number of nitrogens with one attached hydrogen (secondary N) is 1. The molecule has 1 aromatic rings. The van der Waals surface area contributed by atoms with Crippen LogP contribution in [0.3, 0.4) is 0 Å². The molecule has 0 amide bonds. The maximum absolute atomic E-state index is 11.3. The van der Waals surface area contributed by atoms with Crippen LogP contribution in [0.4, 0.5) is 0 Å². The van der Waals surface area contributed by atoms with Crippen LogP contribution in [0.2, 0.25) is 0 Å². The lowest BCUT2D eigenvalue weighted by Crippen LogP contribution is -2.36. The van der Waals surface area contributed by atoms with Gasteiger partial charge in [0, 0.05) is 6.20 Å². The number of aliphatic hydroxyl groups is 2. The summed E-state index contributed by atoms with van der Waals surface area (Å²) in [6, 6.07) is 0. The van der Waals surface area contributed by atoms with Crippen LogP contribution in [0, 0.1) is 0 Å². The Morgan fingerprint density at radius 3 is 2.69 bits per heavy atom. The Kier molecular flexibility index (Phi) is 3.75. The first-order valence-electron chi connectivity index (χ1n) is 4.59. The molecule has 88 valence electrons. The van der Waals surface area contributed by atoms with Gasteiger partial charge in [-0.25, -0.2) is 4.79 Å². The predicted octanol–water partition coefficient (Wildman–Crippen LogP) is -1.91. The minimum atomic E-state index is -1.12. The number of ketones is 1.